The van der Waals surface area contributed by atoms with Crippen LogP contribution in [0.5, 0.6) is 0 Å². The summed E-state index contributed by atoms with van der Waals surface area (Å²) in [6.45, 7) is 2.22. The summed E-state index contributed by atoms with van der Waals surface area (Å²) in [6, 6.07) is 1.85. The third-order valence-corrected chi connectivity index (χ3v) is 2.68. The lowest BCUT2D eigenvalue weighted by atomic mass is 10.1. The van der Waals surface area contributed by atoms with Crippen molar-refractivity contribution < 1.29 is 4.79 Å². The van der Waals surface area contributed by atoms with E-state index < -0.39 is 0 Å². The predicted molar refractivity (Wildman–Crippen MR) is 63.1 cm³/mol. The molecule has 1 aromatic rings. The molecule has 0 fully saturated rings. The number of Topliss-reactive ketones (excluding diaryl/α,β-unsaturated/α-hetero) is 1. The van der Waals surface area contributed by atoms with Crippen LogP contribution in [0.2, 0.25) is 0 Å². The Kier molecular flexibility index (Phi) is 5.83. The maximum Gasteiger partial charge on any atom is 0.164 e. The van der Waals surface area contributed by atoms with E-state index in [1.165, 1.54) is 32.1 Å². The minimum absolute atomic E-state index is 0.270. The third-order valence-electron chi connectivity index (χ3n) is 2.68. The molecule has 15 heavy (non-hydrogen) atoms. The van der Waals surface area contributed by atoms with Crippen molar-refractivity contribution in [1.82, 2.24) is 4.98 Å². The second-order valence-corrected chi connectivity index (χ2v) is 4.04. The molecule has 1 aromatic heterocycles. The van der Waals surface area contributed by atoms with Crippen molar-refractivity contribution in [1.29, 1.82) is 0 Å². The first-order chi connectivity index (χ1) is 7.34. The zero-order valence-electron chi connectivity index (χ0n) is 9.59. The van der Waals surface area contributed by atoms with Crippen LogP contribution in [-0.4, -0.2) is 10.8 Å². The summed E-state index contributed by atoms with van der Waals surface area (Å²) in [5.41, 5.74) is 0.823. The molecule has 0 aliphatic rings. The van der Waals surface area contributed by atoms with Gasteiger partial charge in [-0.2, -0.15) is 0 Å². The van der Waals surface area contributed by atoms with Crippen molar-refractivity contribution in [3.63, 3.8) is 0 Å². The van der Waals surface area contributed by atoms with Gasteiger partial charge in [-0.3, -0.25) is 4.79 Å². The average molecular weight is 207 g/mol. The Bertz CT molecular complexity index is 264. The Labute approximate surface area is 92.1 Å². The number of hydrogen-bond donors (Lipinski definition) is 1. The SMILES string of the molecule is CCCCCCCCC(=O)c1cc[nH]c1. The van der Waals surface area contributed by atoms with Crippen molar-refractivity contribution in [2.24, 2.45) is 0 Å². The number of unbranched alkanes of at least 4 members (excludes halogenated alkanes) is 5. The Morgan fingerprint density at radius 3 is 2.60 bits per heavy atom. The van der Waals surface area contributed by atoms with E-state index in [4.69, 9.17) is 0 Å². The lowest BCUT2D eigenvalue weighted by Gasteiger charge is -1.99. The lowest BCUT2D eigenvalue weighted by Crippen LogP contribution is -1.96. The minimum atomic E-state index is 0.270. The van der Waals surface area contributed by atoms with Crippen LogP contribution in [0.1, 0.15) is 62.2 Å². The highest BCUT2D eigenvalue weighted by Gasteiger charge is 2.04. The fourth-order valence-electron chi connectivity index (χ4n) is 1.71. The first kappa shape index (κ1) is 12.0. The van der Waals surface area contributed by atoms with Gasteiger partial charge in [0.05, 0.1) is 0 Å². The summed E-state index contributed by atoms with van der Waals surface area (Å²) >= 11 is 0. The highest BCUT2D eigenvalue weighted by molar-refractivity contribution is 5.95. The standard InChI is InChI=1S/C13H21NO/c1-2-3-4-5-6-7-8-13(15)12-9-10-14-11-12/h9-11,14H,2-8H2,1H3. The summed E-state index contributed by atoms with van der Waals surface area (Å²) in [4.78, 5) is 14.5. The number of aromatic amines is 1. The van der Waals surface area contributed by atoms with Gasteiger partial charge in [0.25, 0.3) is 0 Å². The van der Waals surface area contributed by atoms with Gasteiger partial charge in [0.1, 0.15) is 0 Å². The van der Waals surface area contributed by atoms with Crippen molar-refractivity contribution in [2.75, 3.05) is 0 Å². The molecule has 2 nitrogen and oxygen atoms in total. The van der Waals surface area contributed by atoms with Crippen LogP contribution in [-0.2, 0) is 0 Å². The molecular weight excluding hydrogens is 186 g/mol. The second-order valence-electron chi connectivity index (χ2n) is 4.04. The molecule has 1 N–H and O–H groups in total. The van der Waals surface area contributed by atoms with Gasteiger partial charge in [0.15, 0.2) is 5.78 Å². The van der Waals surface area contributed by atoms with E-state index in [1.54, 1.807) is 12.4 Å². The van der Waals surface area contributed by atoms with Crippen molar-refractivity contribution in [3.8, 4) is 0 Å². The molecule has 0 aromatic carbocycles. The molecule has 0 saturated heterocycles. The molecule has 0 spiro atoms. The zero-order chi connectivity index (χ0) is 10.9. The van der Waals surface area contributed by atoms with Crippen LogP contribution in [0, 0.1) is 0 Å². The van der Waals surface area contributed by atoms with Gasteiger partial charge >= 0.3 is 0 Å². The molecule has 0 radical (unpaired) electrons. The molecule has 0 saturated carbocycles. The van der Waals surface area contributed by atoms with Gasteiger partial charge in [-0.25, -0.2) is 0 Å². The maximum absolute atomic E-state index is 11.6. The normalized spacial score (nSPS) is 10.5. The number of H-pyrrole nitrogens is 1. The molecule has 1 heterocycles. The van der Waals surface area contributed by atoms with Gasteiger partial charge in [-0.1, -0.05) is 39.0 Å². The summed E-state index contributed by atoms with van der Waals surface area (Å²) in [5.74, 6) is 0.270. The first-order valence-corrected chi connectivity index (χ1v) is 6.00. The largest absolute Gasteiger partial charge is 0.367 e. The van der Waals surface area contributed by atoms with Crippen LogP contribution in [0.25, 0.3) is 0 Å². The summed E-state index contributed by atoms with van der Waals surface area (Å²) in [7, 11) is 0. The zero-order valence-corrected chi connectivity index (χ0v) is 9.59. The lowest BCUT2D eigenvalue weighted by molar-refractivity contribution is 0.0979. The molecule has 1 rings (SSSR count). The summed E-state index contributed by atoms with van der Waals surface area (Å²) < 4.78 is 0. The van der Waals surface area contributed by atoms with E-state index in [0.717, 1.165) is 12.0 Å². The molecule has 0 aliphatic heterocycles. The average Bonchev–Trinajstić information content (AvgIpc) is 2.76. The molecule has 2 heteroatoms. The number of carbonyl (C=O) groups is 1. The van der Waals surface area contributed by atoms with Gasteiger partial charge in [0.2, 0.25) is 0 Å². The van der Waals surface area contributed by atoms with Crippen LogP contribution < -0.4 is 0 Å². The van der Waals surface area contributed by atoms with Crippen molar-refractivity contribution in [3.05, 3.63) is 24.0 Å². The number of rotatable bonds is 8. The summed E-state index contributed by atoms with van der Waals surface area (Å²) in [6.07, 6.45) is 11.7. The molecule has 0 atom stereocenters. The Morgan fingerprint density at radius 1 is 1.20 bits per heavy atom. The highest BCUT2D eigenvalue weighted by Crippen LogP contribution is 2.10. The van der Waals surface area contributed by atoms with E-state index in [9.17, 15) is 4.79 Å². The topological polar surface area (TPSA) is 32.9 Å². The van der Waals surface area contributed by atoms with Gasteiger partial charge in [0, 0.05) is 24.4 Å². The Morgan fingerprint density at radius 2 is 1.93 bits per heavy atom. The van der Waals surface area contributed by atoms with Crippen LogP contribution in [0.15, 0.2) is 18.5 Å². The molecule has 0 unspecified atom stereocenters. The third kappa shape index (κ3) is 4.82. The fourth-order valence-corrected chi connectivity index (χ4v) is 1.71. The maximum atomic E-state index is 11.6. The molecule has 0 amide bonds. The molecular formula is C13H21NO. The molecule has 0 bridgehead atoms. The monoisotopic (exact) mass is 207 g/mol. The van der Waals surface area contributed by atoms with Crippen LogP contribution in [0.3, 0.4) is 0 Å². The number of nitrogens with one attached hydrogen (secondary N) is 1. The molecule has 84 valence electrons. The van der Waals surface area contributed by atoms with Crippen molar-refractivity contribution in [2.45, 2.75) is 51.9 Å². The van der Waals surface area contributed by atoms with Gasteiger partial charge in [-0.15, -0.1) is 0 Å². The smallest absolute Gasteiger partial charge is 0.164 e. The van der Waals surface area contributed by atoms with E-state index in [2.05, 4.69) is 11.9 Å². The van der Waals surface area contributed by atoms with Crippen LogP contribution in [0.4, 0.5) is 0 Å². The predicted octanol–water partition coefficient (Wildman–Crippen LogP) is 3.95. The quantitative estimate of drug-likeness (QED) is 0.508. The van der Waals surface area contributed by atoms with Crippen molar-refractivity contribution >= 4 is 5.78 Å². The Hall–Kier alpha value is -1.05. The summed E-state index contributed by atoms with van der Waals surface area (Å²) in [5, 5.41) is 0. The second kappa shape index (κ2) is 7.27. The van der Waals surface area contributed by atoms with Gasteiger partial charge < -0.3 is 4.98 Å². The molecule has 0 aliphatic carbocycles. The van der Waals surface area contributed by atoms with Crippen LogP contribution >= 0.6 is 0 Å². The minimum Gasteiger partial charge on any atom is -0.367 e. The first-order valence-electron chi connectivity index (χ1n) is 6.00. The van der Waals surface area contributed by atoms with Gasteiger partial charge in [-0.05, 0) is 12.5 Å². The highest BCUT2D eigenvalue weighted by atomic mass is 16.1. The van der Waals surface area contributed by atoms with E-state index in [-0.39, 0.29) is 5.78 Å². The fraction of sp³-hybridized carbons (Fsp3) is 0.615. The Balaban J connectivity index is 2.03. The van der Waals surface area contributed by atoms with E-state index in [0.29, 0.717) is 6.42 Å². The number of hydrogen-bond acceptors (Lipinski definition) is 1. The van der Waals surface area contributed by atoms with E-state index in [1.807, 2.05) is 6.07 Å². The number of aromatic nitrogens is 1. The number of ketones is 1. The number of carbonyl (C=O) groups excluding carboxylic acids is 1. The van der Waals surface area contributed by atoms with E-state index >= 15 is 0 Å².